The van der Waals surface area contributed by atoms with Gasteiger partial charge in [0.1, 0.15) is 22.7 Å². The van der Waals surface area contributed by atoms with Crippen molar-refractivity contribution in [3.63, 3.8) is 0 Å². The van der Waals surface area contributed by atoms with Gasteiger partial charge in [-0.25, -0.2) is 0 Å². The van der Waals surface area contributed by atoms with Crippen LogP contribution in [0.1, 0.15) is 29.2 Å². The van der Waals surface area contributed by atoms with E-state index in [0.717, 1.165) is 50.3 Å². The maximum Gasteiger partial charge on any atom is 0.135 e. The number of rotatable bonds is 4. The molecule has 9 aromatic rings. The molecule has 0 saturated heterocycles. The van der Waals surface area contributed by atoms with Crippen LogP contribution in [-0.2, 0) is 5.41 Å². The molecular weight excluding hydrogens is 647 g/mol. The zero-order valence-corrected chi connectivity index (χ0v) is 29.1. The predicted molar refractivity (Wildman–Crippen MR) is 218 cm³/mol. The van der Waals surface area contributed by atoms with E-state index >= 15 is 0 Å². The third-order valence-corrected chi connectivity index (χ3v) is 11.5. The molecule has 3 heterocycles. The van der Waals surface area contributed by atoms with Crippen LogP contribution in [0.15, 0.2) is 186 Å². The summed E-state index contributed by atoms with van der Waals surface area (Å²) in [7, 11) is 0. The Labute approximate surface area is 307 Å². The van der Waals surface area contributed by atoms with Gasteiger partial charge in [0.05, 0.1) is 16.4 Å². The van der Waals surface area contributed by atoms with E-state index in [1.54, 1.807) is 0 Å². The zero-order valence-electron chi connectivity index (χ0n) is 29.1. The van der Waals surface area contributed by atoms with Gasteiger partial charge in [-0.15, -0.1) is 0 Å². The highest BCUT2D eigenvalue weighted by Gasteiger charge is 2.51. The summed E-state index contributed by atoms with van der Waals surface area (Å²) in [5.74, 6) is 1.76. The molecule has 0 unspecified atom stereocenters. The lowest BCUT2D eigenvalue weighted by molar-refractivity contribution is 0.435. The largest absolute Gasteiger partial charge is 0.457 e. The van der Waals surface area contributed by atoms with Crippen molar-refractivity contribution in [2.75, 3.05) is 0 Å². The van der Waals surface area contributed by atoms with Gasteiger partial charge in [-0.05, 0) is 101 Å². The van der Waals surface area contributed by atoms with Crippen LogP contribution in [0.5, 0.6) is 11.5 Å². The highest BCUT2D eigenvalue weighted by Crippen LogP contribution is 2.61. The van der Waals surface area contributed by atoms with E-state index in [0.29, 0.717) is 0 Å². The second-order valence-electron chi connectivity index (χ2n) is 14.1. The second kappa shape index (κ2) is 11.1. The number of fused-ring (bicyclic) bond motifs is 12. The first-order chi connectivity index (χ1) is 26.1. The number of allylic oxidation sites excluding steroid dienone is 5. The molecule has 0 saturated carbocycles. The third-order valence-electron chi connectivity index (χ3n) is 11.5. The Morgan fingerprint density at radius 2 is 1.21 bits per heavy atom. The van der Waals surface area contributed by atoms with Crippen LogP contribution in [0.4, 0.5) is 0 Å². The standard InChI is InChI=1S/C50H33NO2/c1-3-4-15-40-31(2)35-25-24-34(30-43(35)50(40)41-16-7-11-20-48(41)53-49-21-12-8-17-42(49)50)51-44-18-9-5-13-36(44)38-28-32(22-26-45(38)51)33-23-27-47-39(29-33)37-14-6-10-19-46(37)52-47/h3-30H,1H2,2H3/b15-4-. The molecule has 0 bridgehead atoms. The van der Waals surface area contributed by atoms with Crippen molar-refractivity contribution in [1.29, 1.82) is 0 Å². The minimum absolute atomic E-state index is 0.567. The average Bonchev–Trinajstić information content (AvgIpc) is 3.82. The van der Waals surface area contributed by atoms with E-state index in [-0.39, 0.29) is 0 Å². The monoisotopic (exact) mass is 679 g/mol. The first-order valence-corrected chi connectivity index (χ1v) is 18.1. The maximum absolute atomic E-state index is 6.60. The summed E-state index contributed by atoms with van der Waals surface area (Å²) in [6, 6.07) is 54.5. The van der Waals surface area contributed by atoms with Gasteiger partial charge in [-0.2, -0.15) is 0 Å². The minimum Gasteiger partial charge on any atom is -0.457 e. The normalized spacial score (nSPS) is 14.4. The van der Waals surface area contributed by atoms with E-state index in [4.69, 9.17) is 9.15 Å². The van der Waals surface area contributed by atoms with Crippen molar-refractivity contribution in [3.05, 3.63) is 204 Å². The quantitative estimate of drug-likeness (QED) is 0.173. The van der Waals surface area contributed by atoms with Gasteiger partial charge in [0.2, 0.25) is 0 Å². The van der Waals surface area contributed by atoms with Gasteiger partial charge in [0.25, 0.3) is 0 Å². The molecule has 2 aliphatic rings. The lowest BCUT2D eigenvalue weighted by Gasteiger charge is -2.40. The number of hydrogen-bond donors (Lipinski definition) is 0. The van der Waals surface area contributed by atoms with Crippen LogP contribution in [-0.4, -0.2) is 4.57 Å². The fourth-order valence-corrected chi connectivity index (χ4v) is 9.21. The predicted octanol–water partition coefficient (Wildman–Crippen LogP) is 13.3. The maximum atomic E-state index is 6.60. The molecule has 3 heteroatoms. The van der Waals surface area contributed by atoms with Gasteiger partial charge < -0.3 is 13.7 Å². The molecule has 1 aliphatic heterocycles. The van der Waals surface area contributed by atoms with Crippen molar-refractivity contribution in [1.82, 2.24) is 4.57 Å². The lowest BCUT2D eigenvalue weighted by Crippen LogP contribution is -2.33. The first kappa shape index (κ1) is 29.8. The van der Waals surface area contributed by atoms with Gasteiger partial charge in [0, 0.05) is 38.4 Å². The molecule has 2 aromatic heterocycles. The van der Waals surface area contributed by atoms with Crippen LogP contribution in [0, 0.1) is 0 Å². The molecule has 0 amide bonds. The van der Waals surface area contributed by atoms with Crippen LogP contribution in [0.25, 0.3) is 66.1 Å². The summed E-state index contributed by atoms with van der Waals surface area (Å²) in [5, 5.41) is 4.71. The Balaban J connectivity index is 1.15. The van der Waals surface area contributed by atoms with Crippen molar-refractivity contribution >= 4 is 49.3 Å². The SMILES string of the molecule is C=C/C=C\C1=C(C)c2ccc(-n3c4ccccc4c4cc(-c5ccc6oc7ccccc7c6c5)ccc43)cc2C12c1ccccc1Oc1ccccc12. The zero-order chi connectivity index (χ0) is 35.3. The Hall–Kier alpha value is -6.84. The number of aromatic nitrogens is 1. The van der Waals surface area contributed by atoms with E-state index in [2.05, 4.69) is 170 Å². The molecule has 0 N–H and O–H groups in total. The van der Waals surface area contributed by atoms with Crippen molar-refractivity contribution in [2.24, 2.45) is 0 Å². The van der Waals surface area contributed by atoms with E-state index in [9.17, 15) is 0 Å². The topological polar surface area (TPSA) is 27.3 Å². The Kier molecular flexibility index (Phi) is 6.24. The van der Waals surface area contributed by atoms with Gasteiger partial charge in [-0.3, -0.25) is 0 Å². The third kappa shape index (κ3) is 4.05. The number of hydrogen-bond acceptors (Lipinski definition) is 2. The fraction of sp³-hybridized carbons (Fsp3) is 0.0400. The number of ether oxygens (including phenoxy) is 1. The molecule has 11 rings (SSSR count). The molecule has 7 aromatic carbocycles. The first-order valence-electron chi connectivity index (χ1n) is 18.1. The van der Waals surface area contributed by atoms with Crippen molar-refractivity contribution in [2.45, 2.75) is 12.3 Å². The van der Waals surface area contributed by atoms with Crippen LogP contribution < -0.4 is 4.74 Å². The average molecular weight is 680 g/mol. The number of furan rings is 1. The summed E-state index contributed by atoms with van der Waals surface area (Å²) >= 11 is 0. The molecular formula is C50H33NO2. The summed E-state index contributed by atoms with van der Waals surface area (Å²) in [6.45, 7) is 6.28. The van der Waals surface area contributed by atoms with E-state index in [1.165, 1.54) is 55.2 Å². The van der Waals surface area contributed by atoms with Crippen LogP contribution >= 0.6 is 0 Å². The van der Waals surface area contributed by atoms with Crippen molar-refractivity contribution in [3.8, 4) is 28.3 Å². The summed E-state index contributed by atoms with van der Waals surface area (Å²) in [6.07, 6.45) is 6.17. The highest BCUT2D eigenvalue weighted by molar-refractivity contribution is 6.11. The summed E-state index contributed by atoms with van der Waals surface area (Å²) < 4.78 is 15.2. The fourth-order valence-electron chi connectivity index (χ4n) is 9.21. The van der Waals surface area contributed by atoms with E-state index in [1.807, 2.05) is 18.2 Å². The smallest absolute Gasteiger partial charge is 0.135 e. The molecule has 0 atom stereocenters. The Morgan fingerprint density at radius 1 is 0.566 bits per heavy atom. The van der Waals surface area contributed by atoms with Gasteiger partial charge in [-0.1, -0.05) is 116 Å². The van der Waals surface area contributed by atoms with Crippen molar-refractivity contribution < 1.29 is 9.15 Å². The highest BCUT2D eigenvalue weighted by atomic mass is 16.5. The molecule has 53 heavy (non-hydrogen) atoms. The molecule has 1 spiro atoms. The van der Waals surface area contributed by atoms with Crippen LogP contribution in [0.3, 0.4) is 0 Å². The number of nitrogens with zero attached hydrogens (tertiary/aromatic N) is 1. The lowest BCUT2D eigenvalue weighted by atomic mass is 9.65. The molecule has 3 nitrogen and oxygen atoms in total. The Bertz CT molecular complexity index is 3030. The summed E-state index contributed by atoms with van der Waals surface area (Å²) in [5.41, 5.74) is 14.3. The minimum atomic E-state index is -0.567. The molecule has 0 radical (unpaired) electrons. The number of para-hydroxylation sites is 4. The van der Waals surface area contributed by atoms with E-state index < -0.39 is 5.41 Å². The van der Waals surface area contributed by atoms with Gasteiger partial charge >= 0.3 is 0 Å². The Morgan fingerprint density at radius 3 is 2.00 bits per heavy atom. The second-order valence-corrected chi connectivity index (χ2v) is 14.1. The van der Waals surface area contributed by atoms with Crippen LogP contribution in [0.2, 0.25) is 0 Å². The molecule has 0 fully saturated rings. The molecule has 1 aliphatic carbocycles. The number of benzene rings is 7. The summed E-state index contributed by atoms with van der Waals surface area (Å²) in [4.78, 5) is 0. The van der Waals surface area contributed by atoms with Gasteiger partial charge in [0.15, 0.2) is 0 Å². The molecule has 250 valence electrons.